The summed E-state index contributed by atoms with van der Waals surface area (Å²) < 4.78 is 5.04. The Bertz CT molecular complexity index is 759. The Balaban J connectivity index is 0.00000800. The van der Waals surface area contributed by atoms with Gasteiger partial charge in [0, 0.05) is 49.9 Å². The monoisotopic (exact) mass is 694 g/mol. The molecule has 2 rings (SSSR count). The fraction of sp³-hybridized carbons (Fsp3) is 0.730. The molecule has 0 aliphatic heterocycles. The van der Waals surface area contributed by atoms with Gasteiger partial charge in [-0.05, 0) is 19.3 Å². The van der Waals surface area contributed by atoms with Gasteiger partial charge in [0.05, 0.1) is 0 Å². The normalized spacial score (nSPS) is 10.8. The third kappa shape index (κ3) is 20.7. The van der Waals surface area contributed by atoms with E-state index >= 15 is 0 Å². The first-order valence-corrected chi connectivity index (χ1v) is 17.3. The number of nitrogens with zero attached hydrogens (tertiary/aromatic N) is 2. The highest BCUT2D eigenvalue weighted by molar-refractivity contribution is 5.00. The van der Waals surface area contributed by atoms with Crippen LogP contribution in [0.15, 0.2) is 48.8 Å². The van der Waals surface area contributed by atoms with Gasteiger partial charge in [-0.2, -0.15) is 0 Å². The van der Waals surface area contributed by atoms with E-state index in [4.69, 9.17) is 0 Å². The number of hydrogen-bond acceptors (Lipinski definition) is 0. The van der Waals surface area contributed by atoms with Crippen molar-refractivity contribution in [3.63, 3.8) is 0 Å². The van der Waals surface area contributed by atoms with Crippen LogP contribution in [-0.2, 0) is 25.9 Å². The van der Waals surface area contributed by atoms with Crippen LogP contribution in [0.5, 0.6) is 0 Å². The summed E-state index contributed by atoms with van der Waals surface area (Å²) in [7, 11) is 0. The lowest BCUT2D eigenvalue weighted by Crippen LogP contribution is -3.00. The molecule has 0 amide bonds. The molecule has 4 heteroatoms. The third-order valence-electron chi connectivity index (χ3n) is 8.44. The number of halogens is 2. The van der Waals surface area contributed by atoms with Crippen LogP contribution < -0.4 is 43.1 Å². The van der Waals surface area contributed by atoms with Crippen molar-refractivity contribution in [1.29, 1.82) is 0 Å². The quantitative estimate of drug-likeness (QED) is 0.103. The molecule has 2 heterocycles. The first-order valence-electron chi connectivity index (χ1n) is 17.3. The highest BCUT2D eigenvalue weighted by Crippen LogP contribution is 2.12. The van der Waals surface area contributed by atoms with Crippen LogP contribution >= 0.6 is 0 Å². The van der Waals surface area contributed by atoms with Gasteiger partial charge >= 0.3 is 0 Å². The first kappa shape index (κ1) is 40.3. The molecule has 0 aliphatic rings. The molecule has 2 aromatic heterocycles. The molecule has 0 radical (unpaired) electrons. The van der Waals surface area contributed by atoms with Crippen molar-refractivity contribution in [3.8, 4) is 0 Å². The summed E-state index contributed by atoms with van der Waals surface area (Å²) in [6.07, 6.45) is 36.3. The minimum Gasteiger partial charge on any atom is -1.00 e. The number of aromatic nitrogens is 2. The Morgan fingerprint density at radius 3 is 1.05 bits per heavy atom. The molecule has 0 aliphatic carbocycles. The molecule has 2 nitrogen and oxygen atoms in total. The molecule has 0 spiro atoms. The van der Waals surface area contributed by atoms with Gasteiger partial charge in [-0.1, -0.05) is 129 Å². The van der Waals surface area contributed by atoms with E-state index in [0.29, 0.717) is 0 Å². The van der Waals surface area contributed by atoms with Crippen molar-refractivity contribution in [1.82, 2.24) is 0 Å². The van der Waals surface area contributed by atoms with Gasteiger partial charge in [-0.3, -0.25) is 0 Å². The van der Waals surface area contributed by atoms with Crippen LogP contribution in [0.2, 0.25) is 0 Å². The third-order valence-corrected chi connectivity index (χ3v) is 8.44. The van der Waals surface area contributed by atoms with Gasteiger partial charge in [-0.25, -0.2) is 9.13 Å². The summed E-state index contributed by atoms with van der Waals surface area (Å²) in [6.45, 7) is 6.96. The van der Waals surface area contributed by atoms with E-state index in [1.54, 1.807) is 0 Å². The van der Waals surface area contributed by atoms with Crippen molar-refractivity contribution in [2.45, 2.75) is 175 Å². The van der Waals surface area contributed by atoms with Gasteiger partial charge in [0.15, 0.2) is 23.8 Å². The minimum atomic E-state index is 0. The van der Waals surface area contributed by atoms with Gasteiger partial charge in [0.2, 0.25) is 0 Å². The highest BCUT2D eigenvalue weighted by Gasteiger charge is 2.13. The largest absolute Gasteiger partial charge is 1.00 e. The van der Waals surface area contributed by atoms with Crippen LogP contribution in [0, 0.1) is 0 Å². The molecule has 0 fully saturated rings. The van der Waals surface area contributed by atoms with Crippen molar-refractivity contribution in [2.75, 3.05) is 0 Å². The SMILES string of the molecule is CCCCCCCCCCCC[n+]1ccccc1CCCc1cccc[n+]1CCCCCCCCCCCC.[Br-].[Br-]. The maximum absolute atomic E-state index is 2.52. The van der Waals surface area contributed by atoms with Crippen LogP contribution in [0.4, 0.5) is 0 Å². The van der Waals surface area contributed by atoms with Crippen LogP contribution in [0.1, 0.15) is 160 Å². The van der Waals surface area contributed by atoms with Crippen LogP contribution in [0.3, 0.4) is 0 Å². The standard InChI is InChI=1S/C37H64N2.2BrH/c1-3-5-7-9-11-13-15-17-19-23-32-38-34-25-21-28-36(38)30-27-31-37-29-22-26-35-39(37)33-24-20-18-16-14-12-10-8-6-4-2;;/h21-22,25-26,28-29,34-35H,3-20,23-24,27,30-33H2,1-2H3;2*1H/q+2;;/p-2. The second-order valence-electron chi connectivity index (χ2n) is 12.0. The predicted molar refractivity (Wildman–Crippen MR) is 169 cm³/mol. The predicted octanol–water partition coefficient (Wildman–Crippen LogP) is 4.29. The minimum absolute atomic E-state index is 0. The molecule has 0 aromatic carbocycles. The molecule has 2 aromatic rings. The molecule has 0 atom stereocenters. The Kier molecular flexibility index (Phi) is 28.8. The first-order chi connectivity index (χ1) is 19.3. The molecule has 0 saturated heterocycles. The molecule has 41 heavy (non-hydrogen) atoms. The number of pyridine rings is 2. The molecule has 0 unspecified atom stereocenters. The second-order valence-corrected chi connectivity index (χ2v) is 12.0. The molecule has 0 N–H and O–H groups in total. The maximum Gasteiger partial charge on any atom is 0.181 e. The zero-order valence-corrected chi connectivity index (χ0v) is 30.1. The van der Waals surface area contributed by atoms with Gasteiger partial charge in [-0.15, -0.1) is 0 Å². The molecular weight excluding hydrogens is 632 g/mol. The van der Waals surface area contributed by atoms with Crippen molar-refractivity contribution >= 4 is 0 Å². The summed E-state index contributed by atoms with van der Waals surface area (Å²) >= 11 is 0. The Morgan fingerprint density at radius 2 is 0.707 bits per heavy atom. The number of rotatable bonds is 26. The van der Waals surface area contributed by atoms with E-state index in [0.717, 1.165) is 0 Å². The van der Waals surface area contributed by atoms with Gasteiger partial charge in [0.25, 0.3) is 0 Å². The van der Waals surface area contributed by atoms with E-state index in [1.807, 2.05) is 0 Å². The molecule has 236 valence electrons. The summed E-state index contributed by atoms with van der Waals surface area (Å²) in [5, 5.41) is 0. The lowest BCUT2D eigenvalue weighted by atomic mass is 10.1. The van der Waals surface area contributed by atoms with Crippen molar-refractivity contribution < 1.29 is 43.1 Å². The van der Waals surface area contributed by atoms with Crippen molar-refractivity contribution in [3.05, 3.63) is 60.2 Å². The summed E-state index contributed by atoms with van der Waals surface area (Å²) in [5.74, 6) is 0. The van der Waals surface area contributed by atoms with Crippen LogP contribution in [0.25, 0.3) is 0 Å². The van der Waals surface area contributed by atoms with Gasteiger partial charge < -0.3 is 34.0 Å². The van der Waals surface area contributed by atoms with E-state index in [-0.39, 0.29) is 34.0 Å². The molecular formula is C37H64Br2N2. The zero-order chi connectivity index (χ0) is 27.6. The summed E-state index contributed by atoms with van der Waals surface area (Å²) in [6, 6.07) is 13.5. The topological polar surface area (TPSA) is 7.76 Å². The maximum atomic E-state index is 2.52. The second kappa shape index (κ2) is 29.3. The summed E-state index contributed by atoms with van der Waals surface area (Å²) in [5.41, 5.74) is 3.01. The van der Waals surface area contributed by atoms with Gasteiger partial charge in [0.1, 0.15) is 13.1 Å². The lowest BCUT2D eigenvalue weighted by Gasteiger charge is -2.06. The Morgan fingerprint density at radius 1 is 0.390 bits per heavy atom. The average Bonchev–Trinajstić information content (AvgIpc) is 2.96. The fourth-order valence-electron chi connectivity index (χ4n) is 5.90. The Hall–Kier alpha value is -0.740. The van der Waals surface area contributed by atoms with E-state index in [1.165, 1.54) is 172 Å². The number of unbranched alkanes of at least 4 members (excludes halogenated alkanes) is 18. The fourth-order valence-corrected chi connectivity index (χ4v) is 5.90. The van der Waals surface area contributed by atoms with Crippen molar-refractivity contribution in [2.24, 2.45) is 0 Å². The Labute approximate surface area is 276 Å². The number of aryl methyl sites for hydroxylation is 4. The average molecular weight is 697 g/mol. The summed E-state index contributed by atoms with van der Waals surface area (Å²) in [4.78, 5) is 0. The van der Waals surface area contributed by atoms with E-state index < -0.39 is 0 Å². The zero-order valence-electron chi connectivity index (χ0n) is 26.9. The smallest absolute Gasteiger partial charge is 0.181 e. The lowest BCUT2D eigenvalue weighted by molar-refractivity contribution is -0.706. The number of hydrogen-bond donors (Lipinski definition) is 0. The van der Waals surface area contributed by atoms with Crippen LogP contribution in [-0.4, -0.2) is 0 Å². The molecule has 0 bridgehead atoms. The van der Waals surface area contributed by atoms with E-state index in [9.17, 15) is 0 Å². The highest BCUT2D eigenvalue weighted by atomic mass is 79.9. The van der Waals surface area contributed by atoms with E-state index in [2.05, 4.69) is 71.8 Å². The molecule has 0 saturated carbocycles.